The molecule has 2 N–H and O–H groups in total. The average molecular weight is 375 g/mol. The molecule has 0 amide bonds. The van der Waals surface area contributed by atoms with E-state index in [4.69, 9.17) is 5.11 Å². The Hall–Kier alpha value is -0.830. The summed E-state index contributed by atoms with van der Waals surface area (Å²) < 4.78 is 0. The molecule has 4 aliphatic rings. The van der Waals surface area contributed by atoms with Crippen molar-refractivity contribution in [1.82, 2.24) is 0 Å². The predicted octanol–water partition coefficient (Wildman–Crippen LogP) is 5.43. The van der Waals surface area contributed by atoms with Gasteiger partial charge < -0.3 is 10.2 Å². The topological polar surface area (TPSA) is 57.5 Å². The van der Waals surface area contributed by atoms with E-state index in [0.717, 1.165) is 43.4 Å². The SMILES string of the molecule is C[C@H](CCC(=O)O)C1CC[C@H]2[C@@H]3CC=C4C[C@@H](O)CC[C@]4(C)[C@H]3CC[C@]12C. The fourth-order valence-electron chi connectivity index (χ4n) is 8.17. The molecule has 4 rings (SSSR count). The fraction of sp³-hybridized carbons (Fsp3) is 0.875. The Morgan fingerprint density at radius 1 is 1.19 bits per heavy atom. The lowest BCUT2D eigenvalue weighted by Crippen LogP contribution is -2.50. The summed E-state index contributed by atoms with van der Waals surface area (Å²) in [4.78, 5) is 11.0. The lowest BCUT2D eigenvalue weighted by atomic mass is 9.47. The molecule has 0 saturated heterocycles. The number of carboxylic acid groups (broad SMARTS) is 1. The van der Waals surface area contributed by atoms with Gasteiger partial charge in [-0.3, -0.25) is 4.79 Å². The van der Waals surface area contributed by atoms with Crippen molar-refractivity contribution in [2.45, 2.75) is 91.1 Å². The fourth-order valence-corrected chi connectivity index (χ4v) is 8.17. The summed E-state index contributed by atoms with van der Waals surface area (Å²) >= 11 is 0. The van der Waals surface area contributed by atoms with Gasteiger partial charge in [0.1, 0.15) is 0 Å². The second kappa shape index (κ2) is 6.90. The molecule has 27 heavy (non-hydrogen) atoms. The predicted molar refractivity (Wildman–Crippen MR) is 107 cm³/mol. The summed E-state index contributed by atoms with van der Waals surface area (Å²) in [5.41, 5.74) is 2.27. The normalized spacial score (nSPS) is 47.4. The summed E-state index contributed by atoms with van der Waals surface area (Å²) in [5.74, 6) is 2.94. The number of carbonyl (C=O) groups is 1. The van der Waals surface area contributed by atoms with Crippen LogP contribution in [0.25, 0.3) is 0 Å². The molecular weight excluding hydrogens is 336 g/mol. The van der Waals surface area contributed by atoms with Crippen LogP contribution in [0.2, 0.25) is 0 Å². The van der Waals surface area contributed by atoms with Crippen molar-refractivity contribution in [2.24, 2.45) is 40.4 Å². The Balaban J connectivity index is 1.54. The number of hydrogen-bond donors (Lipinski definition) is 2. The van der Waals surface area contributed by atoms with Crippen LogP contribution >= 0.6 is 0 Å². The first-order chi connectivity index (χ1) is 12.8. The number of carboxylic acids is 1. The quantitative estimate of drug-likeness (QED) is 0.645. The molecule has 0 radical (unpaired) electrons. The van der Waals surface area contributed by atoms with E-state index in [0.29, 0.717) is 29.1 Å². The van der Waals surface area contributed by atoms with Gasteiger partial charge in [0.05, 0.1) is 6.10 Å². The highest BCUT2D eigenvalue weighted by atomic mass is 16.4. The highest BCUT2D eigenvalue weighted by Crippen LogP contribution is 2.67. The smallest absolute Gasteiger partial charge is 0.303 e. The van der Waals surface area contributed by atoms with Gasteiger partial charge in [-0.15, -0.1) is 0 Å². The third-order valence-electron chi connectivity index (χ3n) is 9.65. The molecule has 3 saturated carbocycles. The van der Waals surface area contributed by atoms with Crippen molar-refractivity contribution in [2.75, 3.05) is 0 Å². The lowest BCUT2D eigenvalue weighted by Gasteiger charge is -2.58. The monoisotopic (exact) mass is 374 g/mol. The molecule has 4 aliphatic carbocycles. The van der Waals surface area contributed by atoms with E-state index in [1.165, 1.54) is 32.1 Å². The summed E-state index contributed by atoms with van der Waals surface area (Å²) in [7, 11) is 0. The standard InChI is InChI=1S/C24H38O3/c1-15(4-9-22(26)27)19-7-8-20-18-6-5-16-14-17(25)10-12-23(16,2)21(18)11-13-24(19,20)3/h5,15,17-21,25H,4,6-14H2,1-3H3,(H,26,27)/t15-,17+,18+,19?,20+,21+,23+,24-/m1/s1. The molecule has 0 spiro atoms. The van der Waals surface area contributed by atoms with Crippen molar-refractivity contribution < 1.29 is 15.0 Å². The van der Waals surface area contributed by atoms with Crippen molar-refractivity contribution in [3.63, 3.8) is 0 Å². The van der Waals surface area contributed by atoms with Gasteiger partial charge in [0, 0.05) is 6.42 Å². The molecule has 0 aromatic rings. The number of aliphatic hydroxyl groups is 1. The lowest BCUT2D eigenvalue weighted by molar-refractivity contribution is -0.137. The molecule has 0 heterocycles. The molecule has 0 bridgehead atoms. The zero-order valence-electron chi connectivity index (χ0n) is 17.4. The highest BCUT2D eigenvalue weighted by molar-refractivity contribution is 5.66. The van der Waals surface area contributed by atoms with Gasteiger partial charge >= 0.3 is 5.97 Å². The van der Waals surface area contributed by atoms with Crippen molar-refractivity contribution in [3.8, 4) is 0 Å². The largest absolute Gasteiger partial charge is 0.481 e. The van der Waals surface area contributed by atoms with Crippen LogP contribution in [-0.2, 0) is 4.79 Å². The highest BCUT2D eigenvalue weighted by Gasteiger charge is 2.59. The Morgan fingerprint density at radius 3 is 2.70 bits per heavy atom. The van der Waals surface area contributed by atoms with E-state index in [2.05, 4.69) is 26.8 Å². The molecule has 3 heteroatoms. The third-order valence-corrected chi connectivity index (χ3v) is 9.65. The first-order valence-electron chi connectivity index (χ1n) is 11.3. The Kier molecular flexibility index (Phi) is 4.98. The molecule has 8 atom stereocenters. The van der Waals surface area contributed by atoms with Gasteiger partial charge in [-0.25, -0.2) is 0 Å². The molecule has 1 unspecified atom stereocenters. The van der Waals surface area contributed by atoms with Gasteiger partial charge in [-0.2, -0.15) is 0 Å². The summed E-state index contributed by atoms with van der Waals surface area (Å²) in [6.45, 7) is 7.33. The summed E-state index contributed by atoms with van der Waals surface area (Å²) in [6.07, 6.45) is 13.0. The number of hydrogen-bond acceptors (Lipinski definition) is 2. The van der Waals surface area contributed by atoms with Gasteiger partial charge in [0.25, 0.3) is 0 Å². The maximum absolute atomic E-state index is 11.0. The van der Waals surface area contributed by atoms with Crippen LogP contribution in [0, 0.1) is 40.4 Å². The number of aliphatic hydroxyl groups excluding tert-OH is 1. The number of aliphatic carboxylic acids is 1. The zero-order chi connectivity index (χ0) is 19.4. The summed E-state index contributed by atoms with van der Waals surface area (Å²) in [5, 5.41) is 19.2. The minimum absolute atomic E-state index is 0.124. The van der Waals surface area contributed by atoms with Crippen LogP contribution in [0.1, 0.15) is 85.0 Å². The molecule has 0 aromatic carbocycles. The van der Waals surface area contributed by atoms with Crippen LogP contribution < -0.4 is 0 Å². The van der Waals surface area contributed by atoms with E-state index >= 15 is 0 Å². The van der Waals surface area contributed by atoms with Crippen LogP contribution in [0.15, 0.2) is 11.6 Å². The van der Waals surface area contributed by atoms with Gasteiger partial charge in [0.15, 0.2) is 0 Å². The van der Waals surface area contributed by atoms with Crippen LogP contribution in [0.4, 0.5) is 0 Å². The van der Waals surface area contributed by atoms with E-state index in [1.54, 1.807) is 5.57 Å². The summed E-state index contributed by atoms with van der Waals surface area (Å²) in [6, 6.07) is 0. The van der Waals surface area contributed by atoms with Crippen molar-refractivity contribution in [1.29, 1.82) is 0 Å². The van der Waals surface area contributed by atoms with Gasteiger partial charge in [-0.05, 0) is 98.2 Å². The van der Waals surface area contributed by atoms with Crippen molar-refractivity contribution in [3.05, 3.63) is 11.6 Å². The molecule has 3 fully saturated rings. The maximum Gasteiger partial charge on any atom is 0.303 e. The molecule has 3 nitrogen and oxygen atoms in total. The van der Waals surface area contributed by atoms with E-state index in [-0.39, 0.29) is 6.10 Å². The maximum atomic E-state index is 11.0. The number of allylic oxidation sites excluding steroid dienone is 1. The van der Waals surface area contributed by atoms with Crippen molar-refractivity contribution >= 4 is 5.97 Å². The second-order valence-electron chi connectivity index (χ2n) is 10.8. The third kappa shape index (κ3) is 3.09. The zero-order valence-corrected chi connectivity index (χ0v) is 17.4. The van der Waals surface area contributed by atoms with Crippen LogP contribution in [0.5, 0.6) is 0 Å². The number of rotatable bonds is 4. The Morgan fingerprint density at radius 2 is 1.96 bits per heavy atom. The minimum Gasteiger partial charge on any atom is -0.481 e. The molecule has 152 valence electrons. The average Bonchev–Trinajstić information content (AvgIpc) is 2.97. The second-order valence-corrected chi connectivity index (χ2v) is 10.8. The Bertz CT molecular complexity index is 625. The van der Waals surface area contributed by atoms with E-state index in [1.807, 2.05) is 0 Å². The molecule has 0 aromatic heterocycles. The van der Waals surface area contributed by atoms with Crippen LogP contribution in [-0.4, -0.2) is 22.3 Å². The molecular formula is C24H38O3. The van der Waals surface area contributed by atoms with Gasteiger partial charge in [-0.1, -0.05) is 32.4 Å². The first kappa shape index (κ1) is 19.5. The van der Waals surface area contributed by atoms with Crippen LogP contribution in [0.3, 0.4) is 0 Å². The van der Waals surface area contributed by atoms with E-state index < -0.39 is 5.97 Å². The first-order valence-corrected chi connectivity index (χ1v) is 11.3. The number of fused-ring (bicyclic) bond motifs is 5. The minimum atomic E-state index is -0.650. The van der Waals surface area contributed by atoms with Gasteiger partial charge in [0.2, 0.25) is 0 Å². The Labute approximate surface area is 164 Å². The van der Waals surface area contributed by atoms with E-state index in [9.17, 15) is 9.90 Å². The molecule has 0 aliphatic heterocycles.